The van der Waals surface area contributed by atoms with E-state index in [1.54, 1.807) is 18.2 Å². The van der Waals surface area contributed by atoms with Crippen molar-refractivity contribution < 1.29 is 14.6 Å². The largest absolute Gasteiger partial charge is 0.495 e. The van der Waals surface area contributed by atoms with Gasteiger partial charge in [0.15, 0.2) is 0 Å². The quantitative estimate of drug-likeness (QED) is 0.917. The van der Waals surface area contributed by atoms with Crippen molar-refractivity contribution in [1.82, 2.24) is 4.57 Å². The molecule has 0 radical (unpaired) electrons. The third kappa shape index (κ3) is 3.09. The van der Waals surface area contributed by atoms with Gasteiger partial charge in [-0.2, -0.15) is 5.26 Å². The number of benzene rings is 1. The lowest BCUT2D eigenvalue weighted by Crippen LogP contribution is -2.20. The minimum Gasteiger partial charge on any atom is -0.495 e. The maximum atomic E-state index is 11.8. The van der Waals surface area contributed by atoms with Gasteiger partial charge < -0.3 is 14.4 Å². The van der Waals surface area contributed by atoms with Gasteiger partial charge in [-0.15, -0.1) is 0 Å². The summed E-state index contributed by atoms with van der Waals surface area (Å²) in [4.78, 5) is 22.7. The zero-order chi connectivity index (χ0) is 15.4. The van der Waals surface area contributed by atoms with Crippen LogP contribution in [-0.2, 0) is 6.54 Å². The maximum Gasteiger partial charge on any atom is 0.337 e. The molecule has 1 aromatic carbocycles. The van der Waals surface area contributed by atoms with Gasteiger partial charge in [-0.25, -0.2) is 4.79 Å². The summed E-state index contributed by atoms with van der Waals surface area (Å²) in [5.74, 6) is -0.649. The molecule has 0 fully saturated rings. The van der Waals surface area contributed by atoms with Crippen LogP contribution in [0.5, 0.6) is 5.75 Å². The molecule has 0 saturated heterocycles. The number of nitriles is 1. The molecule has 21 heavy (non-hydrogen) atoms. The van der Waals surface area contributed by atoms with Crippen LogP contribution in [0.15, 0.2) is 41.3 Å². The third-order valence-corrected chi connectivity index (χ3v) is 2.97. The van der Waals surface area contributed by atoms with E-state index >= 15 is 0 Å². The fourth-order valence-electron chi connectivity index (χ4n) is 1.92. The number of hydrogen-bond donors (Lipinski definition) is 1. The second kappa shape index (κ2) is 5.92. The van der Waals surface area contributed by atoms with Crippen LogP contribution in [0, 0.1) is 11.3 Å². The lowest BCUT2D eigenvalue weighted by molar-refractivity contribution is 0.0696. The summed E-state index contributed by atoms with van der Waals surface area (Å²) in [6.07, 6.45) is 1.28. The van der Waals surface area contributed by atoms with Gasteiger partial charge in [0.25, 0.3) is 5.56 Å². The number of carboxylic acids is 1. The normalized spacial score (nSPS) is 9.90. The van der Waals surface area contributed by atoms with Crippen LogP contribution >= 0.6 is 0 Å². The number of aromatic nitrogens is 1. The van der Waals surface area contributed by atoms with Crippen LogP contribution in [-0.4, -0.2) is 22.8 Å². The van der Waals surface area contributed by atoms with Gasteiger partial charge in [0.1, 0.15) is 11.8 Å². The van der Waals surface area contributed by atoms with Gasteiger partial charge in [0, 0.05) is 12.3 Å². The Kier molecular flexibility index (Phi) is 4.05. The van der Waals surface area contributed by atoms with Crippen LogP contribution in [0.4, 0.5) is 0 Å². The smallest absolute Gasteiger partial charge is 0.337 e. The summed E-state index contributed by atoms with van der Waals surface area (Å²) in [6, 6.07) is 9.45. The first-order chi connectivity index (χ1) is 10.0. The van der Waals surface area contributed by atoms with E-state index < -0.39 is 5.97 Å². The summed E-state index contributed by atoms with van der Waals surface area (Å²) in [7, 11) is 1.47. The second-order valence-corrected chi connectivity index (χ2v) is 4.34. The molecule has 1 aromatic heterocycles. The summed E-state index contributed by atoms with van der Waals surface area (Å²) >= 11 is 0. The van der Waals surface area contributed by atoms with E-state index in [0.29, 0.717) is 16.9 Å². The monoisotopic (exact) mass is 284 g/mol. The summed E-state index contributed by atoms with van der Waals surface area (Å²) in [5.41, 5.74) is 0.785. The number of aromatic carboxylic acids is 1. The van der Waals surface area contributed by atoms with Gasteiger partial charge in [0.05, 0.1) is 24.8 Å². The highest BCUT2D eigenvalue weighted by Gasteiger charge is 2.08. The highest BCUT2D eigenvalue weighted by molar-refractivity contribution is 5.87. The van der Waals surface area contributed by atoms with Crippen molar-refractivity contribution in [2.75, 3.05) is 7.11 Å². The van der Waals surface area contributed by atoms with Crippen LogP contribution < -0.4 is 10.3 Å². The van der Waals surface area contributed by atoms with Crippen LogP contribution in [0.2, 0.25) is 0 Å². The minimum atomic E-state index is -1.10. The molecule has 2 rings (SSSR count). The summed E-state index contributed by atoms with van der Waals surface area (Å²) in [6.45, 7) is 0.179. The van der Waals surface area contributed by atoms with Crippen molar-refractivity contribution in [2.24, 2.45) is 0 Å². The van der Waals surface area contributed by atoms with E-state index in [1.807, 2.05) is 6.07 Å². The van der Waals surface area contributed by atoms with E-state index in [2.05, 4.69) is 0 Å². The van der Waals surface area contributed by atoms with Crippen LogP contribution in [0.3, 0.4) is 0 Å². The molecule has 0 atom stereocenters. The molecule has 6 nitrogen and oxygen atoms in total. The Balaban J connectivity index is 2.39. The van der Waals surface area contributed by atoms with E-state index in [1.165, 1.54) is 30.0 Å². The Bertz CT molecular complexity index is 787. The predicted molar refractivity (Wildman–Crippen MR) is 74.5 cm³/mol. The number of nitrogens with zero attached hydrogens (tertiary/aromatic N) is 2. The lowest BCUT2D eigenvalue weighted by Gasteiger charge is -2.09. The number of rotatable bonds is 4. The lowest BCUT2D eigenvalue weighted by atomic mass is 10.1. The molecule has 1 heterocycles. The molecule has 0 unspecified atom stereocenters. The van der Waals surface area contributed by atoms with Gasteiger partial charge in [-0.05, 0) is 23.8 Å². The first-order valence-electron chi connectivity index (χ1n) is 6.06. The molecule has 6 heteroatoms. The van der Waals surface area contributed by atoms with Crippen LogP contribution in [0.1, 0.15) is 21.5 Å². The number of methoxy groups -OCH3 is 1. The number of hydrogen-bond acceptors (Lipinski definition) is 4. The highest BCUT2D eigenvalue weighted by Crippen LogP contribution is 2.19. The van der Waals surface area contributed by atoms with Crippen LogP contribution in [0.25, 0.3) is 0 Å². The standard InChI is InChI=1S/C15H12N2O4/c1-21-13-4-2-10(6-12(13)7-16)8-17-9-11(15(19)20)3-5-14(17)18/h2-6,9H,8H2,1H3,(H,19,20). The van der Waals surface area contributed by atoms with E-state index in [-0.39, 0.29) is 17.7 Å². The van der Waals surface area contributed by atoms with Gasteiger partial charge in [0.2, 0.25) is 0 Å². The molecular weight excluding hydrogens is 272 g/mol. The highest BCUT2D eigenvalue weighted by atomic mass is 16.5. The van der Waals surface area contributed by atoms with Crippen molar-refractivity contribution in [3.8, 4) is 11.8 Å². The first-order valence-corrected chi connectivity index (χ1v) is 6.06. The van der Waals surface area contributed by atoms with Gasteiger partial charge in [-0.3, -0.25) is 4.79 Å². The van der Waals surface area contributed by atoms with E-state index in [9.17, 15) is 9.59 Å². The predicted octanol–water partition coefficient (Wildman–Crippen LogP) is 1.48. The number of carbonyl (C=O) groups is 1. The number of pyridine rings is 1. The van der Waals surface area contributed by atoms with Crippen molar-refractivity contribution >= 4 is 5.97 Å². The maximum absolute atomic E-state index is 11.8. The molecule has 0 aliphatic carbocycles. The molecule has 0 bridgehead atoms. The SMILES string of the molecule is COc1ccc(Cn2cc(C(=O)O)ccc2=O)cc1C#N. The Morgan fingerprint density at radius 2 is 2.14 bits per heavy atom. The fraction of sp³-hybridized carbons (Fsp3) is 0.133. The van der Waals surface area contributed by atoms with Gasteiger partial charge >= 0.3 is 5.97 Å². The van der Waals surface area contributed by atoms with Crippen molar-refractivity contribution in [3.63, 3.8) is 0 Å². The molecular formula is C15H12N2O4. The average Bonchev–Trinajstić information content (AvgIpc) is 2.49. The molecule has 2 aromatic rings. The molecule has 0 aliphatic heterocycles. The van der Waals surface area contributed by atoms with Crippen molar-refractivity contribution in [2.45, 2.75) is 6.54 Å². The van der Waals surface area contributed by atoms with Crippen molar-refractivity contribution in [1.29, 1.82) is 5.26 Å². The molecule has 1 N–H and O–H groups in total. The van der Waals surface area contributed by atoms with E-state index in [4.69, 9.17) is 15.1 Å². The summed E-state index contributed by atoms with van der Waals surface area (Å²) in [5, 5.41) is 18.0. The Morgan fingerprint density at radius 3 is 2.76 bits per heavy atom. The second-order valence-electron chi connectivity index (χ2n) is 4.34. The van der Waals surface area contributed by atoms with Crippen molar-refractivity contribution in [3.05, 3.63) is 63.6 Å². The fourth-order valence-corrected chi connectivity index (χ4v) is 1.92. The number of ether oxygens (including phenoxy) is 1. The average molecular weight is 284 g/mol. The molecule has 0 amide bonds. The topological polar surface area (TPSA) is 92.3 Å². The Hall–Kier alpha value is -3.07. The zero-order valence-electron chi connectivity index (χ0n) is 11.2. The minimum absolute atomic E-state index is 0.0311. The van der Waals surface area contributed by atoms with E-state index in [0.717, 1.165) is 0 Å². The zero-order valence-corrected chi connectivity index (χ0v) is 11.2. The van der Waals surface area contributed by atoms with Gasteiger partial charge in [-0.1, -0.05) is 6.07 Å². The Labute approximate surface area is 120 Å². The molecule has 106 valence electrons. The first kappa shape index (κ1) is 14.3. The molecule has 0 spiro atoms. The Morgan fingerprint density at radius 1 is 1.38 bits per heavy atom. The molecule has 0 aliphatic rings. The number of carboxylic acid groups (broad SMARTS) is 1. The summed E-state index contributed by atoms with van der Waals surface area (Å²) < 4.78 is 6.33. The third-order valence-electron chi connectivity index (χ3n) is 2.97. The molecule has 0 saturated carbocycles.